The first kappa shape index (κ1) is 23.1. The minimum atomic E-state index is -1.04. The molecule has 1 heterocycles. The molecule has 0 fully saturated rings. The van der Waals surface area contributed by atoms with Gasteiger partial charge in [0.1, 0.15) is 5.01 Å². The number of rotatable bonds is 7. The first-order valence-corrected chi connectivity index (χ1v) is 11.5. The Bertz CT molecular complexity index is 1310. The summed E-state index contributed by atoms with van der Waals surface area (Å²) in [7, 11) is 0. The molecule has 0 radical (unpaired) electrons. The Labute approximate surface area is 200 Å². The van der Waals surface area contributed by atoms with Crippen LogP contribution in [0.3, 0.4) is 0 Å². The van der Waals surface area contributed by atoms with E-state index in [0.717, 1.165) is 10.2 Å². The van der Waals surface area contributed by atoms with E-state index in [1.165, 1.54) is 18.3 Å². The molecule has 4 aromatic rings. The van der Waals surface area contributed by atoms with E-state index in [1.54, 1.807) is 43.3 Å². The van der Waals surface area contributed by atoms with Gasteiger partial charge in [0.05, 0.1) is 28.0 Å². The first-order chi connectivity index (χ1) is 16.5. The van der Waals surface area contributed by atoms with E-state index in [4.69, 9.17) is 9.47 Å². The molecule has 7 nitrogen and oxygen atoms in total. The maximum Gasteiger partial charge on any atom is 0.339 e. The number of benzene rings is 3. The van der Waals surface area contributed by atoms with Crippen molar-refractivity contribution < 1.29 is 23.9 Å². The van der Waals surface area contributed by atoms with Crippen LogP contribution in [0, 0.1) is 0 Å². The van der Waals surface area contributed by atoms with Crippen LogP contribution >= 0.6 is 11.3 Å². The molecule has 1 N–H and O–H groups in total. The molecule has 1 aromatic heterocycles. The molecule has 34 heavy (non-hydrogen) atoms. The summed E-state index contributed by atoms with van der Waals surface area (Å²) in [5, 5.41) is 3.38. The fraction of sp³-hybridized carbons (Fsp3) is 0.154. The number of para-hydroxylation sites is 1. The van der Waals surface area contributed by atoms with Crippen molar-refractivity contribution in [2.75, 3.05) is 11.9 Å². The normalized spacial score (nSPS) is 11.6. The summed E-state index contributed by atoms with van der Waals surface area (Å²) >= 11 is 1.48. The lowest BCUT2D eigenvalue weighted by molar-refractivity contribution is -0.123. The number of anilines is 1. The number of nitrogens with one attached hydrogen (secondary N) is 1. The Kier molecular flexibility index (Phi) is 6.98. The lowest BCUT2D eigenvalue weighted by Gasteiger charge is -2.15. The predicted octanol–water partition coefficient (Wildman–Crippen LogP) is 5.32. The van der Waals surface area contributed by atoms with Gasteiger partial charge in [0.15, 0.2) is 6.10 Å². The van der Waals surface area contributed by atoms with Crippen molar-refractivity contribution in [3.05, 3.63) is 83.9 Å². The molecular weight excluding hydrogens is 452 g/mol. The van der Waals surface area contributed by atoms with Crippen molar-refractivity contribution >= 4 is 45.1 Å². The smallest absolute Gasteiger partial charge is 0.339 e. The topological polar surface area (TPSA) is 94.6 Å². The summed E-state index contributed by atoms with van der Waals surface area (Å²) in [6.45, 7) is 3.51. The number of amides is 1. The second-order valence-corrected chi connectivity index (χ2v) is 8.40. The highest BCUT2D eigenvalue weighted by Gasteiger charge is 2.22. The van der Waals surface area contributed by atoms with Crippen molar-refractivity contribution in [1.29, 1.82) is 0 Å². The predicted molar refractivity (Wildman–Crippen MR) is 131 cm³/mol. The van der Waals surface area contributed by atoms with Crippen LogP contribution < -0.4 is 5.32 Å². The molecular formula is C26H22N2O5S. The molecule has 0 saturated heterocycles. The third-order valence-electron chi connectivity index (χ3n) is 4.99. The monoisotopic (exact) mass is 474 g/mol. The summed E-state index contributed by atoms with van der Waals surface area (Å²) in [4.78, 5) is 41.9. The highest BCUT2D eigenvalue weighted by molar-refractivity contribution is 7.21. The van der Waals surface area contributed by atoms with Gasteiger partial charge in [-0.3, -0.25) is 4.79 Å². The number of thiazole rings is 1. The van der Waals surface area contributed by atoms with E-state index in [-0.39, 0.29) is 6.61 Å². The minimum absolute atomic E-state index is 0.280. The zero-order chi connectivity index (χ0) is 24.1. The van der Waals surface area contributed by atoms with Gasteiger partial charge in [-0.1, -0.05) is 30.3 Å². The van der Waals surface area contributed by atoms with E-state index in [2.05, 4.69) is 10.3 Å². The molecule has 0 saturated carbocycles. The Balaban J connectivity index is 1.44. The summed E-state index contributed by atoms with van der Waals surface area (Å²) in [6.07, 6.45) is -1.04. The van der Waals surface area contributed by atoms with Gasteiger partial charge in [-0.05, 0) is 56.3 Å². The average Bonchev–Trinajstić information content (AvgIpc) is 3.29. The molecule has 0 spiro atoms. The lowest BCUT2D eigenvalue weighted by Crippen LogP contribution is -2.30. The highest BCUT2D eigenvalue weighted by Crippen LogP contribution is 2.32. The van der Waals surface area contributed by atoms with Crippen molar-refractivity contribution in [2.24, 2.45) is 0 Å². The summed E-state index contributed by atoms with van der Waals surface area (Å²) in [6, 6.07) is 21.1. The van der Waals surface area contributed by atoms with Crippen LogP contribution in [0.4, 0.5) is 5.69 Å². The number of hydrogen-bond acceptors (Lipinski definition) is 7. The molecule has 1 unspecified atom stereocenters. The number of ether oxygens (including phenoxy) is 2. The number of hydrogen-bond donors (Lipinski definition) is 1. The molecule has 4 rings (SSSR count). The van der Waals surface area contributed by atoms with Crippen molar-refractivity contribution in [3.63, 3.8) is 0 Å². The SMILES string of the molecule is CCOC(=O)c1ccc(NC(=O)C(C)OC(=O)c2ccccc2-c2nc3ccccc3s2)cc1. The van der Waals surface area contributed by atoms with Gasteiger partial charge in [0, 0.05) is 11.3 Å². The Hall–Kier alpha value is -4.04. The van der Waals surface area contributed by atoms with Gasteiger partial charge >= 0.3 is 11.9 Å². The zero-order valence-electron chi connectivity index (χ0n) is 18.6. The van der Waals surface area contributed by atoms with Crippen molar-refractivity contribution in [1.82, 2.24) is 4.98 Å². The number of esters is 2. The Morgan fingerprint density at radius 2 is 1.65 bits per heavy atom. The van der Waals surface area contributed by atoms with E-state index in [1.807, 2.05) is 36.4 Å². The lowest BCUT2D eigenvalue weighted by atomic mass is 10.1. The molecule has 0 aliphatic carbocycles. The third kappa shape index (κ3) is 5.13. The van der Waals surface area contributed by atoms with Gasteiger partial charge in [-0.2, -0.15) is 0 Å². The van der Waals surface area contributed by atoms with Crippen LogP contribution in [0.2, 0.25) is 0 Å². The van der Waals surface area contributed by atoms with Gasteiger partial charge in [0.25, 0.3) is 5.91 Å². The van der Waals surface area contributed by atoms with E-state index in [0.29, 0.717) is 27.4 Å². The van der Waals surface area contributed by atoms with Gasteiger partial charge in [0.2, 0.25) is 0 Å². The average molecular weight is 475 g/mol. The number of aromatic nitrogens is 1. The molecule has 0 bridgehead atoms. The minimum Gasteiger partial charge on any atom is -0.462 e. The Morgan fingerprint density at radius 1 is 0.941 bits per heavy atom. The third-order valence-corrected chi connectivity index (χ3v) is 6.06. The highest BCUT2D eigenvalue weighted by atomic mass is 32.1. The van der Waals surface area contributed by atoms with E-state index >= 15 is 0 Å². The van der Waals surface area contributed by atoms with Crippen LogP contribution in [-0.4, -0.2) is 35.5 Å². The standard InChI is InChI=1S/C26H22N2O5S/c1-3-32-25(30)17-12-14-18(15-13-17)27-23(29)16(2)33-26(31)20-9-5-4-8-19(20)24-28-21-10-6-7-11-22(21)34-24/h4-16H,3H2,1-2H3,(H,27,29). The quantitative estimate of drug-likeness (QED) is 0.364. The van der Waals surface area contributed by atoms with Crippen molar-refractivity contribution in [3.8, 4) is 10.6 Å². The summed E-state index contributed by atoms with van der Waals surface area (Å²) in [5.41, 5.74) is 2.69. The maximum atomic E-state index is 12.9. The fourth-order valence-corrected chi connectivity index (χ4v) is 4.27. The van der Waals surface area contributed by atoms with Gasteiger partial charge in [-0.15, -0.1) is 11.3 Å². The fourth-order valence-electron chi connectivity index (χ4n) is 3.26. The molecule has 3 aromatic carbocycles. The van der Waals surface area contributed by atoms with Crippen LogP contribution in [0.5, 0.6) is 0 Å². The molecule has 0 aliphatic heterocycles. The van der Waals surface area contributed by atoms with Gasteiger partial charge < -0.3 is 14.8 Å². The second kappa shape index (κ2) is 10.3. The number of carbonyl (C=O) groups excluding carboxylic acids is 3. The molecule has 0 aliphatic rings. The first-order valence-electron chi connectivity index (χ1n) is 10.7. The van der Waals surface area contributed by atoms with Crippen LogP contribution in [0.25, 0.3) is 20.8 Å². The maximum absolute atomic E-state index is 12.9. The number of nitrogens with zero attached hydrogens (tertiary/aromatic N) is 1. The van der Waals surface area contributed by atoms with Crippen LogP contribution in [0.1, 0.15) is 34.6 Å². The number of carbonyl (C=O) groups is 3. The van der Waals surface area contributed by atoms with E-state index < -0.39 is 23.9 Å². The second-order valence-electron chi connectivity index (χ2n) is 7.37. The van der Waals surface area contributed by atoms with Crippen LogP contribution in [0.15, 0.2) is 72.8 Å². The molecule has 1 atom stereocenters. The van der Waals surface area contributed by atoms with E-state index in [9.17, 15) is 14.4 Å². The number of fused-ring (bicyclic) bond motifs is 1. The van der Waals surface area contributed by atoms with Crippen LogP contribution in [-0.2, 0) is 14.3 Å². The largest absolute Gasteiger partial charge is 0.462 e. The molecule has 1 amide bonds. The zero-order valence-corrected chi connectivity index (χ0v) is 19.4. The molecule has 172 valence electrons. The molecule has 8 heteroatoms. The van der Waals surface area contributed by atoms with Crippen molar-refractivity contribution in [2.45, 2.75) is 20.0 Å². The van der Waals surface area contributed by atoms with Gasteiger partial charge in [-0.25, -0.2) is 14.6 Å². The summed E-state index contributed by atoms with van der Waals surface area (Å²) < 4.78 is 11.4. The summed E-state index contributed by atoms with van der Waals surface area (Å²) in [5.74, 6) is -1.54. The Morgan fingerprint density at radius 3 is 2.38 bits per heavy atom.